The van der Waals surface area contributed by atoms with E-state index in [1.807, 2.05) is 30.8 Å². The van der Waals surface area contributed by atoms with Crippen molar-refractivity contribution in [3.63, 3.8) is 0 Å². The number of benzene rings is 1. The Balaban J connectivity index is 0.00000226. The number of fused-ring (bicyclic) bond motifs is 1. The number of nitrogens with one attached hydrogen (secondary N) is 3. The molecule has 0 bridgehead atoms. The molecule has 1 atom stereocenters. The molecule has 3 heterocycles. The second kappa shape index (κ2) is 18.6. The van der Waals surface area contributed by atoms with Crippen LogP contribution in [0.1, 0.15) is 72.4 Å². The Morgan fingerprint density at radius 1 is 0.927 bits per heavy atom. The molecule has 3 N–H and O–H groups in total. The first-order chi connectivity index (χ1) is 20.2. The second-order valence-electron chi connectivity index (χ2n) is 10.4. The average Bonchev–Trinajstić information content (AvgIpc) is 3.49. The quantitative estimate of drug-likeness (QED) is 0.203. The number of anilines is 2. The van der Waals surface area contributed by atoms with Crippen molar-refractivity contribution in [3.05, 3.63) is 36.2 Å². The third kappa shape index (κ3) is 10.5. The molecule has 3 aromatic rings. The van der Waals surface area contributed by atoms with Crippen LogP contribution in [0.2, 0.25) is 0 Å². The summed E-state index contributed by atoms with van der Waals surface area (Å²) >= 11 is 0. The molecule has 1 unspecified atom stereocenters. The van der Waals surface area contributed by atoms with Crippen molar-refractivity contribution in [1.29, 1.82) is 0 Å². The Labute approximate surface area is 247 Å². The Morgan fingerprint density at radius 3 is 2.46 bits per heavy atom. The molecule has 0 saturated carbocycles. The molecule has 10 heteroatoms. The summed E-state index contributed by atoms with van der Waals surface area (Å²) in [5.41, 5.74) is 1.85. The van der Waals surface area contributed by atoms with E-state index in [9.17, 15) is 0 Å². The Bertz CT molecular complexity index is 1110. The van der Waals surface area contributed by atoms with Gasteiger partial charge in [0.25, 0.3) is 0 Å². The number of nitrogens with zero attached hydrogens (tertiary/aromatic N) is 7. The highest BCUT2D eigenvalue weighted by Gasteiger charge is 2.20. The summed E-state index contributed by atoms with van der Waals surface area (Å²) in [5, 5.41) is 20.4. The smallest absolute Gasteiger partial charge is 0.225 e. The van der Waals surface area contributed by atoms with Gasteiger partial charge in [-0.2, -0.15) is 4.98 Å². The number of aryl methyl sites for hydroxylation is 1. The molecule has 1 aromatic carbocycles. The largest absolute Gasteiger partial charge is 0.353 e. The molecule has 1 fully saturated rings. The normalized spacial score (nSPS) is 14.6. The highest BCUT2D eigenvalue weighted by Crippen LogP contribution is 2.26. The van der Waals surface area contributed by atoms with E-state index in [0.29, 0.717) is 18.5 Å². The molecule has 1 aliphatic heterocycles. The van der Waals surface area contributed by atoms with Crippen molar-refractivity contribution in [2.45, 2.75) is 85.9 Å². The predicted molar refractivity (Wildman–Crippen MR) is 172 cm³/mol. The maximum atomic E-state index is 4.93. The van der Waals surface area contributed by atoms with E-state index in [1.165, 1.54) is 19.3 Å². The molecule has 0 aliphatic carbocycles. The summed E-state index contributed by atoms with van der Waals surface area (Å²) in [6.07, 6.45) is 7.93. The third-order valence-electron chi connectivity index (χ3n) is 7.55. The van der Waals surface area contributed by atoms with E-state index in [-0.39, 0.29) is 0 Å². The summed E-state index contributed by atoms with van der Waals surface area (Å²) in [5.74, 6) is 1.65. The van der Waals surface area contributed by atoms with Gasteiger partial charge in [-0.15, -0.1) is 5.10 Å². The number of rotatable bonds is 17. The zero-order valence-electron chi connectivity index (χ0n) is 26.2. The van der Waals surface area contributed by atoms with Gasteiger partial charge in [-0.3, -0.25) is 4.68 Å². The van der Waals surface area contributed by atoms with Gasteiger partial charge in [0, 0.05) is 44.2 Å². The van der Waals surface area contributed by atoms with Crippen LogP contribution in [0.5, 0.6) is 0 Å². The summed E-state index contributed by atoms with van der Waals surface area (Å²) in [6.45, 7) is 20.4. The second-order valence-corrected chi connectivity index (χ2v) is 10.4. The van der Waals surface area contributed by atoms with Crippen molar-refractivity contribution < 1.29 is 0 Å². The molecule has 2 aromatic heterocycles. The minimum Gasteiger partial charge on any atom is -0.353 e. The Hall–Kier alpha value is -2.82. The lowest BCUT2D eigenvalue weighted by atomic mass is 10.1. The molecule has 10 nitrogen and oxygen atoms in total. The minimum atomic E-state index is 0.545. The van der Waals surface area contributed by atoms with Crippen molar-refractivity contribution in [2.24, 2.45) is 0 Å². The van der Waals surface area contributed by atoms with E-state index >= 15 is 0 Å². The van der Waals surface area contributed by atoms with Crippen LogP contribution in [0.4, 0.5) is 11.8 Å². The molecule has 4 rings (SSSR count). The standard InChI is InChI=1S/C29H48N10.C2H6/c1-4-11-24(5-2)31-16-9-14-30-15-10-17-39-23-25(35-36-39)22-32-29-33-27-13-8-7-12-26(27)28(34-29)38-20-18-37(6-3)19-21-38;1-2/h7-8,12-13,23-24,30-31H,4-6,9-11,14-22H2,1-3H3,(H,32,33,34);1-2H3. The summed E-state index contributed by atoms with van der Waals surface area (Å²) in [6, 6.07) is 8.94. The Kier molecular flexibility index (Phi) is 14.8. The first-order valence-corrected chi connectivity index (χ1v) is 16.0. The number of para-hydroxylation sites is 1. The SMILES string of the molecule is CC.CCCC(CC)NCCCNCCCn1cc(CNc2nc(N3CCN(CC)CC3)c3ccccc3n2)nn1. The van der Waals surface area contributed by atoms with Crippen molar-refractivity contribution in [1.82, 2.24) is 40.5 Å². The summed E-state index contributed by atoms with van der Waals surface area (Å²) in [4.78, 5) is 14.6. The van der Waals surface area contributed by atoms with Gasteiger partial charge in [0.15, 0.2) is 0 Å². The van der Waals surface area contributed by atoms with Gasteiger partial charge in [-0.05, 0) is 64.0 Å². The number of hydrogen-bond donors (Lipinski definition) is 3. The number of piperazine rings is 1. The fourth-order valence-electron chi connectivity index (χ4n) is 5.16. The molecular formula is C31H54N10. The minimum absolute atomic E-state index is 0.545. The zero-order chi connectivity index (χ0) is 29.3. The van der Waals surface area contributed by atoms with Gasteiger partial charge in [0.2, 0.25) is 5.95 Å². The van der Waals surface area contributed by atoms with Crippen molar-refractivity contribution >= 4 is 22.7 Å². The maximum absolute atomic E-state index is 4.93. The van der Waals surface area contributed by atoms with Crippen LogP contribution in [0.25, 0.3) is 10.9 Å². The maximum Gasteiger partial charge on any atom is 0.225 e. The number of aromatic nitrogens is 5. The highest BCUT2D eigenvalue weighted by atomic mass is 15.4. The number of likely N-dealkylation sites (N-methyl/N-ethyl adjacent to an activating group) is 1. The van der Waals surface area contributed by atoms with E-state index in [2.05, 4.69) is 75.0 Å². The van der Waals surface area contributed by atoms with Crippen LogP contribution in [-0.2, 0) is 13.1 Å². The van der Waals surface area contributed by atoms with Crippen LogP contribution in [-0.4, -0.2) is 88.3 Å². The lowest BCUT2D eigenvalue weighted by molar-refractivity contribution is 0.271. The zero-order valence-corrected chi connectivity index (χ0v) is 26.2. The monoisotopic (exact) mass is 566 g/mol. The number of hydrogen-bond acceptors (Lipinski definition) is 9. The van der Waals surface area contributed by atoms with E-state index in [0.717, 1.165) is 94.2 Å². The van der Waals surface area contributed by atoms with Crippen LogP contribution in [0.15, 0.2) is 30.5 Å². The molecule has 0 radical (unpaired) electrons. The van der Waals surface area contributed by atoms with E-state index in [1.54, 1.807) is 0 Å². The average molecular weight is 567 g/mol. The Morgan fingerprint density at radius 2 is 1.71 bits per heavy atom. The lowest BCUT2D eigenvalue weighted by Gasteiger charge is -2.35. The fraction of sp³-hybridized carbons (Fsp3) is 0.677. The lowest BCUT2D eigenvalue weighted by Crippen LogP contribution is -2.46. The molecule has 41 heavy (non-hydrogen) atoms. The molecular weight excluding hydrogens is 512 g/mol. The van der Waals surface area contributed by atoms with E-state index < -0.39 is 0 Å². The molecule has 1 aliphatic rings. The van der Waals surface area contributed by atoms with Crippen LogP contribution < -0.4 is 20.9 Å². The van der Waals surface area contributed by atoms with Crippen molar-refractivity contribution in [2.75, 3.05) is 62.6 Å². The van der Waals surface area contributed by atoms with Crippen LogP contribution in [0, 0.1) is 0 Å². The van der Waals surface area contributed by atoms with Gasteiger partial charge in [-0.1, -0.05) is 58.4 Å². The summed E-state index contributed by atoms with van der Waals surface area (Å²) < 4.78 is 1.93. The summed E-state index contributed by atoms with van der Waals surface area (Å²) in [7, 11) is 0. The van der Waals surface area contributed by atoms with Gasteiger partial charge in [-0.25, -0.2) is 4.98 Å². The van der Waals surface area contributed by atoms with Crippen molar-refractivity contribution in [3.8, 4) is 0 Å². The molecule has 0 spiro atoms. The van der Waals surface area contributed by atoms with Gasteiger partial charge in [0.05, 0.1) is 18.3 Å². The van der Waals surface area contributed by atoms with E-state index in [4.69, 9.17) is 9.97 Å². The fourth-order valence-corrected chi connectivity index (χ4v) is 5.16. The molecule has 228 valence electrons. The van der Waals surface area contributed by atoms with Crippen LogP contribution >= 0.6 is 0 Å². The first-order valence-electron chi connectivity index (χ1n) is 16.0. The predicted octanol–water partition coefficient (Wildman–Crippen LogP) is 4.54. The van der Waals surface area contributed by atoms with Gasteiger partial charge >= 0.3 is 0 Å². The highest BCUT2D eigenvalue weighted by molar-refractivity contribution is 5.90. The third-order valence-corrected chi connectivity index (χ3v) is 7.55. The molecule has 1 saturated heterocycles. The van der Waals surface area contributed by atoms with Gasteiger partial charge < -0.3 is 25.8 Å². The van der Waals surface area contributed by atoms with Gasteiger partial charge in [0.1, 0.15) is 11.5 Å². The molecule has 0 amide bonds. The first kappa shape index (κ1) is 32.7. The van der Waals surface area contributed by atoms with Crippen LogP contribution in [0.3, 0.4) is 0 Å². The topological polar surface area (TPSA) is 99.1 Å².